The van der Waals surface area contributed by atoms with Gasteiger partial charge in [-0.2, -0.15) is 4.98 Å². The van der Waals surface area contributed by atoms with Crippen LogP contribution in [0.25, 0.3) is 0 Å². The number of aliphatic hydroxyl groups excluding tert-OH is 1. The second-order valence-electron chi connectivity index (χ2n) is 6.96. The number of aliphatic hydroxyl groups is 1. The van der Waals surface area contributed by atoms with Crippen molar-refractivity contribution in [2.45, 2.75) is 64.1 Å². The van der Waals surface area contributed by atoms with E-state index in [9.17, 15) is 5.11 Å². The molecule has 6 nitrogen and oxygen atoms in total. The molecule has 0 amide bonds. The Kier molecular flexibility index (Phi) is 4.80. The Morgan fingerprint density at radius 3 is 2.41 bits per heavy atom. The standard InChI is InChI=1S/C16H28N4O2/c1-11(2)15-17-16(22-18-15)12(3)19-7-9-20(10-8-19)13-5-4-6-14(13)21/h11-14,21H,4-10H2,1-3H3/t12-,13-,14-/m0/s1. The van der Waals surface area contributed by atoms with Crippen molar-refractivity contribution in [2.75, 3.05) is 26.2 Å². The van der Waals surface area contributed by atoms with E-state index in [1.54, 1.807) is 0 Å². The molecule has 124 valence electrons. The molecule has 1 aliphatic carbocycles. The van der Waals surface area contributed by atoms with Crippen LogP contribution in [0, 0.1) is 0 Å². The molecular formula is C16H28N4O2. The number of hydrogen-bond acceptors (Lipinski definition) is 6. The molecule has 2 fully saturated rings. The summed E-state index contributed by atoms with van der Waals surface area (Å²) in [7, 11) is 0. The summed E-state index contributed by atoms with van der Waals surface area (Å²) >= 11 is 0. The van der Waals surface area contributed by atoms with E-state index < -0.39 is 0 Å². The van der Waals surface area contributed by atoms with Crippen LogP contribution < -0.4 is 0 Å². The molecule has 0 bridgehead atoms. The summed E-state index contributed by atoms with van der Waals surface area (Å²) in [6.45, 7) is 10.3. The Labute approximate surface area is 132 Å². The van der Waals surface area contributed by atoms with Crippen molar-refractivity contribution < 1.29 is 9.63 Å². The van der Waals surface area contributed by atoms with Crippen LogP contribution in [-0.4, -0.2) is 63.4 Å². The quantitative estimate of drug-likeness (QED) is 0.915. The first-order chi connectivity index (χ1) is 10.6. The van der Waals surface area contributed by atoms with E-state index in [2.05, 4.69) is 40.7 Å². The Balaban J connectivity index is 1.56. The van der Waals surface area contributed by atoms with Crippen LogP contribution in [0.15, 0.2) is 4.52 Å². The van der Waals surface area contributed by atoms with Gasteiger partial charge in [-0.05, 0) is 26.2 Å². The third-order valence-corrected chi connectivity index (χ3v) is 5.14. The summed E-state index contributed by atoms with van der Waals surface area (Å²) in [4.78, 5) is 9.37. The molecule has 1 N–H and O–H groups in total. The van der Waals surface area contributed by atoms with Crippen molar-refractivity contribution in [3.8, 4) is 0 Å². The lowest BCUT2D eigenvalue weighted by Gasteiger charge is -2.40. The Hall–Kier alpha value is -0.980. The molecule has 3 rings (SSSR count). The molecular weight excluding hydrogens is 280 g/mol. The molecule has 6 heteroatoms. The molecule has 1 saturated carbocycles. The summed E-state index contributed by atoms with van der Waals surface area (Å²) < 4.78 is 5.43. The normalized spacial score (nSPS) is 29.3. The summed E-state index contributed by atoms with van der Waals surface area (Å²) in [5, 5.41) is 14.1. The number of piperazine rings is 1. The number of rotatable bonds is 4. The number of hydrogen-bond donors (Lipinski definition) is 1. The van der Waals surface area contributed by atoms with Crippen LogP contribution in [0.4, 0.5) is 0 Å². The van der Waals surface area contributed by atoms with E-state index in [0.29, 0.717) is 12.0 Å². The van der Waals surface area contributed by atoms with Gasteiger partial charge in [0.2, 0.25) is 5.89 Å². The average molecular weight is 308 g/mol. The minimum atomic E-state index is -0.131. The summed E-state index contributed by atoms with van der Waals surface area (Å²) in [6, 6.07) is 0.532. The van der Waals surface area contributed by atoms with Crippen molar-refractivity contribution in [3.63, 3.8) is 0 Å². The van der Waals surface area contributed by atoms with Crippen LogP contribution in [0.5, 0.6) is 0 Å². The molecule has 1 aliphatic heterocycles. The molecule has 1 aromatic rings. The van der Waals surface area contributed by atoms with Crippen molar-refractivity contribution in [1.29, 1.82) is 0 Å². The molecule has 22 heavy (non-hydrogen) atoms. The highest BCUT2D eigenvalue weighted by Crippen LogP contribution is 2.27. The molecule has 0 radical (unpaired) electrons. The first kappa shape index (κ1) is 15.9. The van der Waals surface area contributed by atoms with E-state index in [0.717, 1.165) is 57.2 Å². The Morgan fingerprint density at radius 1 is 1.14 bits per heavy atom. The highest BCUT2D eigenvalue weighted by Gasteiger charge is 2.34. The summed E-state index contributed by atoms with van der Waals surface area (Å²) in [5.74, 6) is 1.80. The maximum absolute atomic E-state index is 10.1. The second kappa shape index (κ2) is 6.64. The Morgan fingerprint density at radius 2 is 1.86 bits per heavy atom. The van der Waals surface area contributed by atoms with Crippen molar-refractivity contribution in [2.24, 2.45) is 0 Å². The SMILES string of the molecule is CC(C)c1noc([C@H](C)N2CCN([C@H]3CCC[C@@H]3O)CC2)n1. The summed E-state index contributed by atoms with van der Waals surface area (Å²) in [5.41, 5.74) is 0. The van der Waals surface area contributed by atoms with Crippen LogP contribution in [0.3, 0.4) is 0 Å². The van der Waals surface area contributed by atoms with Gasteiger partial charge in [0.15, 0.2) is 5.82 Å². The van der Waals surface area contributed by atoms with Gasteiger partial charge in [-0.15, -0.1) is 0 Å². The fourth-order valence-electron chi connectivity index (χ4n) is 3.61. The van der Waals surface area contributed by atoms with Gasteiger partial charge < -0.3 is 9.63 Å². The van der Waals surface area contributed by atoms with Crippen LogP contribution in [-0.2, 0) is 0 Å². The van der Waals surface area contributed by atoms with E-state index >= 15 is 0 Å². The molecule has 1 saturated heterocycles. The lowest BCUT2D eigenvalue weighted by Crippen LogP contribution is -2.52. The van der Waals surface area contributed by atoms with E-state index in [1.165, 1.54) is 0 Å². The van der Waals surface area contributed by atoms with Gasteiger partial charge in [-0.3, -0.25) is 9.80 Å². The molecule has 2 heterocycles. The zero-order valence-electron chi connectivity index (χ0n) is 13.9. The van der Waals surface area contributed by atoms with Crippen molar-refractivity contribution in [1.82, 2.24) is 19.9 Å². The van der Waals surface area contributed by atoms with Gasteiger partial charge in [0.25, 0.3) is 0 Å². The average Bonchev–Trinajstić information content (AvgIpc) is 3.15. The summed E-state index contributed by atoms with van der Waals surface area (Å²) in [6.07, 6.45) is 3.12. The zero-order valence-corrected chi connectivity index (χ0v) is 13.9. The van der Waals surface area contributed by atoms with E-state index in [4.69, 9.17) is 4.52 Å². The van der Waals surface area contributed by atoms with Gasteiger partial charge in [0.1, 0.15) is 0 Å². The number of nitrogens with zero attached hydrogens (tertiary/aromatic N) is 4. The molecule has 2 aliphatic rings. The third kappa shape index (κ3) is 3.19. The highest BCUT2D eigenvalue weighted by atomic mass is 16.5. The van der Waals surface area contributed by atoms with Crippen LogP contribution >= 0.6 is 0 Å². The van der Waals surface area contributed by atoms with Gasteiger partial charge in [0, 0.05) is 38.1 Å². The first-order valence-electron chi connectivity index (χ1n) is 8.56. The second-order valence-corrected chi connectivity index (χ2v) is 6.96. The van der Waals surface area contributed by atoms with Gasteiger partial charge in [-0.1, -0.05) is 19.0 Å². The van der Waals surface area contributed by atoms with Gasteiger partial charge in [-0.25, -0.2) is 0 Å². The van der Waals surface area contributed by atoms with Crippen molar-refractivity contribution in [3.05, 3.63) is 11.7 Å². The topological polar surface area (TPSA) is 65.6 Å². The third-order valence-electron chi connectivity index (χ3n) is 5.14. The van der Waals surface area contributed by atoms with Crippen molar-refractivity contribution >= 4 is 0 Å². The zero-order chi connectivity index (χ0) is 15.7. The monoisotopic (exact) mass is 308 g/mol. The Bertz CT molecular complexity index is 482. The van der Waals surface area contributed by atoms with E-state index in [-0.39, 0.29) is 12.1 Å². The predicted molar refractivity (Wildman–Crippen MR) is 83.6 cm³/mol. The lowest BCUT2D eigenvalue weighted by molar-refractivity contribution is 0.0213. The molecule has 0 spiro atoms. The molecule has 0 aromatic carbocycles. The molecule has 1 aromatic heterocycles. The smallest absolute Gasteiger partial charge is 0.243 e. The molecule has 0 unspecified atom stereocenters. The fourth-order valence-corrected chi connectivity index (χ4v) is 3.61. The predicted octanol–water partition coefficient (Wildman–Crippen LogP) is 1.78. The van der Waals surface area contributed by atoms with Gasteiger partial charge in [0.05, 0.1) is 12.1 Å². The maximum Gasteiger partial charge on any atom is 0.243 e. The minimum Gasteiger partial charge on any atom is -0.391 e. The largest absolute Gasteiger partial charge is 0.391 e. The lowest BCUT2D eigenvalue weighted by atomic mass is 10.1. The fraction of sp³-hybridized carbons (Fsp3) is 0.875. The number of aromatic nitrogens is 2. The van der Waals surface area contributed by atoms with Crippen LogP contribution in [0.1, 0.15) is 63.7 Å². The highest BCUT2D eigenvalue weighted by molar-refractivity contribution is 4.97. The van der Waals surface area contributed by atoms with E-state index in [1.807, 2.05) is 0 Å². The van der Waals surface area contributed by atoms with Gasteiger partial charge >= 0.3 is 0 Å². The minimum absolute atomic E-state index is 0.131. The maximum atomic E-state index is 10.1. The van der Waals surface area contributed by atoms with Crippen LogP contribution in [0.2, 0.25) is 0 Å². The molecule has 3 atom stereocenters. The first-order valence-corrected chi connectivity index (χ1v) is 8.56.